The predicted octanol–water partition coefficient (Wildman–Crippen LogP) is 5.00. The molecule has 0 bridgehead atoms. The molecule has 0 amide bonds. The van der Waals surface area contributed by atoms with Crippen LogP contribution < -0.4 is 5.32 Å². The summed E-state index contributed by atoms with van der Waals surface area (Å²) in [4.78, 5) is 10.5. The van der Waals surface area contributed by atoms with Crippen molar-refractivity contribution in [3.05, 3.63) is 78.1 Å². The first-order chi connectivity index (χ1) is 14.0. The maximum absolute atomic E-state index is 5.84. The van der Waals surface area contributed by atoms with E-state index in [0.717, 1.165) is 36.9 Å². The Bertz CT molecular complexity index is 906. The van der Waals surface area contributed by atoms with E-state index in [-0.39, 0.29) is 0 Å². The third-order valence-corrected chi connectivity index (χ3v) is 5.32. The molecule has 5 nitrogen and oxygen atoms in total. The number of imidazole rings is 1. The lowest BCUT2D eigenvalue weighted by atomic mass is 9.96. The second kappa shape index (κ2) is 10.2. The van der Waals surface area contributed by atoms with Gasteiger partial charge in [0, 0.05) is 50.1 Å². The molecule has 152 valence electrons. The Kier molecular flexibility index (Phi) is 7.36. The number of aryl methyl sites for hydroxylation is 2. The van der Waals surface area contributed by atoms with Crippen molar-refractivity contribution in [3.8, 4) is 0 Å². The highest BCUT2D eigenvalue weighted by molar-refractivity contribution is 7.80. The Balaban J connectivity index is 1.73. The number of rotatable bonds is 8. The molecule has 0 spiro atoms. The molecule has 6 heteroatoms. The van der Waals surface area contributed by atoms with Gasteiger partial charge in [0.15, 0.2) is 5.11 Å². The molecule has 2 aromatic heterocycles. The zero-order valence-electron chi connectivity index (χ0n) is 17.4. The maximum atomic E-state index is 5.84. The fourth-order valence-electron chi connectivity index (χ4n) is 3.57. The molecule has 3 aromatic rings. The van der Waals surface area contributed by atoms with Gasteiger partial charge in [0.05, 0.1) is 6.33 Å². The summed E-state index contributed by atoms with van der Waals surface area (Å²) in [5, 5.41) is 4.27. The molecule has 3 rings (SSSR count). The van der Waals surface area contributed by atoms with Crippen molar-refractivity contribution in [2.75, 3.05) is 11.9 Å². The Hall–Kier alpha value is -2.73. The highest BCUT2D eigenvalue weighted by Crippen LogP contribution is 2.28. The Morgan fingerprint density at radius 1 is 1.14 bits per heavy atom. The van der Waals surface area contributed by atoms with Crippen molar-refractivity contribution in [3.63, 3.8) is 0 Å². The molecule has 2 heterocycles. The van der Waals surface area contributed by atoms with Crippen molar-refractivity contribution in [2.45, 2.75) is 46.2 Å². The van der Waals surface area contributed by atoms with Crippen LogP contribution in [0.15, 0.2) is 61.4 Å². The van der Waals surface area contributed by atoms with E-state index in [1.807, 2.05) is 43.2 Å². The number of hydrogen-bond donors (Lipinski definition) is 1. The van der Waals surface area contributed by atoms with E-state index < -0.39 is 0 Å². The van der Waals surface area contributed by atoms with Crippen molar-refractivity contribution in [1.29, 1.82) is 0 Å². The van der Waals surface area contributed by atoms with Gasteiger partial charge in [-0.3, -0.25) is 4.98 Å². The summed E-state index contributed by atoms with van der Waals surface area (Å²) in [5.74, 6) is 0.427. The molecule has 0 saturated heterocycles. The van der Waals surface area contributed by atoms with Crippen LogP contribution in [0.1, 0.15) is 42.9 Å². The van der Waals surface area contributed by atoms with Gasteiger partial charge in [0.2, 0.25) is 0 Å². The summed E-state index contributed by atoms with van der Waals surface area (Å²) < 4.78 is 2.10. The van der Waals surface area contributed by atoms with Crippen LogP contribution in [-0.2, 0) is 13.1 Å². The lowest BCUT2D eigenvalue weighted by Crippen LogP contribution is -2.35. The number of thiocarbonyl (C=S) groups is 1. The van der Waals surface area contributed by atoms with E-state index >= 15 is 0 Å². The normalized spacial score (nSPS) is 10.9. The number of aromatic nitrogens is 3. The van der Waals surface area contributed by atoms with Gasteiger partial charge in [-0.25, -0.2) is 4.98 Å². The second-order valence-corrected chi connectivity index (χ2v) is 7.94. The smallest absolute Gasteiger partial charge is 0.173 e. The lowest BCUT2D eigenvalue weighted by Gasteiger charge is -2.27. The average Bonchev–Trinajstić information content (AvgIpc) is 3.21. The average molecular weight is 408 g/mol. The van der Waals surface area contributed by atoms with Crippen molar-refractivity contribution < 1.29 is 0 Å². The molecule has 0 saturated carbocycles. The highest BCUT2D eigenvalue weighted by atomic mass is 32.1. The summed E-state index contributed by atoms with van der Waals surface area (Å²) in [6.07, 6.45) is 10.3. The van der Waals surface area contributed by atoms with Gasteiger partial charge in [0.1, 0.15) is 0 Å². The number of benzene rings is 1. The van der Waals surface area contributed by atoms with E-state index in [2.05, 4.69) is 63.7 Å². The number of nitrogens with zero attached hydrogens (tertiary/aromatic N) is 4. The fraction of sp³-hybridized carbons (Fsp3) is 0.348. The zero-order valence-corrected chi connectivity index (χ0v) is 18.2. The molecule has 0 aliphatic carbocycles. The molecule has 0 atom stereocenters. The summed E-state index contributed by atoms with van der Waals surface area (Å²) in [6, 6.07) is 10.4. The van der Waals surface area contributed by atoms with Crippen LogP contribution in [0.25, 0.3) is 0 Å². The van der Waals surface area contributed by atoms with Gasteiger partial charge >= 0.3 is 0 Å². The lowest BCUT2D eigenvalue weighted by molar-refractivity contribution is 0.396. The van der Waals surface area contributed by atoms with Crippen LogP contribution >= 0.6 is 12.2 Å². The molecule has 1 N–H and O–H groups in total. The molecule has 0 aliphatic heterocycles. The molecule has 1 aromatic carbocycles. The van der Waals surface area contributed by atoms with Crippen molar-refractivity contribution >= 4 is 23.0 Å². The third-order valence-electron chi connectivity index (χ3n) is 4.96. The Morgan fingerprint density at radius 3 is 2.62 bits per heavy atom. The zero-order chi connectivity index (χ0) is 20.6. The molecule has 0 unspecified atom stereocenters. The van der Waals surface area contributed by atoms with Gasteiger partial charge in [-0.05, 0) is 66.4 Å². The van der Waals surface area contributed by atoms with Gasteiger partial charge in [-0.2, -0.15) is 0 Å². The van der Waals surface area contributed by atoms with E-state index in [9.17, 15) is 0 Å². The standard InChI is InChI=1S/C23H29N5S/c1-18(2)22-19(3)6-4-7-21(22)26-23(29)28(16-20-8-10-24-11-9-20)14-5-13-27-15-12-25-17-27/h4,6-12,15,17-18H,5,13-14,16H2,1-3H3,(H,26,29). The monoisotopic (exact) mass is 407 g/mol. The number of hydrogen-bond acceptors (Lipinski definition) is 3. The van der Waals surface area contributed by atoms with E-state index in [1.165, 1.54) is 16.7 Å². The minimum Gasteiger partial charge on any atom is -0.345 e. The molecular formula is C23H29N5S. The topological polar surface area (TPSA) is 46.0 Å². The van der Waals surface area contributed by atoms with Crippen LogP contribution in [0.5, 0.6) is 0 Å². The molecular weight excluding hydrogens is 378 g/mol. The van der Waals surface area contributed by atoms with Gasteiger partial charge in [-0.15, -0.1) is 0 Å². The van der Waals surface area contributed by atoms with Crippen LogP contribution in [0, 0.1) is 6.92 Å². The van der Waals surface area contributed by atoms with Crippen LogP contribution in [0.4, 0.5) is 5.69 Å². The highest BCUT2D eigenvalue weighted by Gasteiger charge is 2.15. The SMILES string of the molecule is Cc1cccc(NC(=S)N(CCCn2ccnc2)Cc2ccncc2)c1C(C)C. The quantitative estimate of drug-likeness (QED) is 0.533. The minimum atomic E-state index is 0.427. The molecule has 0 aliphatic rings. The van der Waals surface area contributed by atoms with Crippen molar-refractivity contribution in [2.24, 2.45) is 0 Å². The first-order valence-electron chi connectivity index (χ1n) is 10.0. The number of nitrogens with one attached hydrogen (secondary N) is 1. The summed E-state index contributed by atoms with van der Waals surface area (Å²) in [5.41, 5.74) is 4.89. The summed E-state index contributed by atoms with van der Waals surface area (Å²) in [6.45, 7) is 9.11. The number of pyridine rings is 1. The van der Waals surface area contributed by atoms with Gasteiger partial charge in [-0.1, -0.05) is 26.0 Å². The first kappa shape index (κ1) is 21.0. The fourth-order valence-corrected chi connectivity index (χ4v) is 3.84. The van der Waals surface area contributed by atoms with E-state index in [4.69, 9.17) is 12.2 Å². The maximum Gasteiger partial charge on any atom is 0.173 e. The summed E-state index contributed by atoms with van der Waals surface area (Å²) in [7, 11) is 0. The van der Waals surface area contributed by atoms with E-state index in [1.54, 1.807) is 0 Å². The Morgan fingerprint density at radius 2 is 1.93 bits per heavy atom. The second-order valence-electron chi connectivity index (χ2n) is 7.55. The Labute approximate surface area is 178 Å². The third kappa shape index (κ3) is 5.87. The van der Waals surface area contributed by atoms with Crippen LogP contribution in [0.2, 0.25) is 0 Å². The molecule has 0 fully saturated rings. The first-order valence-corrected chi connectivity index (χ1v) is 10.5. The van der Waals surface area contributed by atoms with E-state index in [0.29, 0.717) is 5.92 Å². The minimum absolute atomic E-state index is 0.427. The van der Waals surface area contributed by atoms with Gasteiger partial charge in [0.25, 0.3) is 0 Å². The molecule has 0 radical (unpaired) electrons. The molecule has 29 heavy (non-hydrogen) atoms. The van der Waals surface area contributed by atoms with Crippen LogP contribution in [0.3, 0.4) is 0 Å². The van der Waals surface area contributed by atoms with Gasteiger partial charge < -0.3 is 14.8 Å². The van der Waals surface area contributed by atoms with Crippen LogP contribution in [-0.4, -0.2) is 31.1 Å². The number of anilines is 1. The summed E-state index contributed by atoms with van der Waals surface area (Å²) >= 11 is 5.84. The van der Waals surface area contributed by atoms with Crippen molar-refractivity contribution in [1.82, 2.24) is 19.4 Å². The predicted molar refractivity (Wildman–Crippen MR) is 123 cm³/mol. The largest absolute Gasteiger partial charge is 0.345 e.